The van der Waals surface area contributed by atoms with Crippen molar-refractivity contribution in [2.75, 3.05) is 0 Å². The van der Waals surface area contributed by atoms with E-state index in [4.69, 9.17) is 4.28 Å². The van der Waals surface area contributed by atoms with Crippen LogP contribution in [0.25, 0.3) is 11.3 Å². The monoisotopic (exact) mass is 381 g/mol. The van der Waals surface area contributed by atoms with E-state index < -0.39 is 15.7 Å². The molecule has 0 fully saturated rings. The normalized spacial score (nSPS) is 11.1. The quantitative estimate of drug-likeness (QED) is 0.614. The molecule has 1 aromatic heterocycles. The average molecular weight is 381 g/mol. The van der Waals surface area contributed by atoms with Crippen molar-refractivity contribution in [3.8, 4) is 11.3 Å². The first-order valence-corrected chi connectivity index (χ1v) is 9.77. The summed E-state index contributed by atoms with van der Waals surface area (Å²) in [4.78, 5) is 13.0. The van der Waals surface area contributed by atoms with Crippen molar-refractivity contribution in [2.45, 2.75) is 18.2 Å². The summed E-state index contributed by atoms with van der Waals surface area (Å²) in [5.74, 6) is 0. The summed E-state index contributed by atoms with van der Waals surface area (Å²) in [6.07, 6.45) is 1.91. The lowest BCUT2D eigenvalue weighted by Gasteiger charge is -2.16. The average Bonchev–Trinajstić information content (AvgIpc) is 2.68. The molecule has 0 aliphatic carbocycles. The van der Waals surface area contributed by atoms with Gasteiger partial charge in [0.05, 0.1) is 5.69 Å². The molecule has 0 saturated carbocycles. The van der Waals surface area contributed by atoms with Gasteiger partial charge in [0.25, 0.3) is 5.56 Å². The third-order valence-corrected chi connectivity index (χ3v) is 5.31. The van der Waals surface area contributed by atoms with E-state index in [0.717, 1.165) is 10.3 Å². The SMILES string of the molecule is C=CCc1c(C)cc(-c2ccccc2)n(OS(=O)(=O)c2ccccc2)c1=O. The first kappa shape index (κ1) is 18.7. The molecule has 0 atom stereocenters. The van der Waals surface area contributed by atoms with E-state index in [1.165, 1.54) is 12.1 Å². The van der Waals surface area contributed by atoms with E-state index in [0.29, 0.717) is 23.2 Å². The van der Waals surface area contributed by atoms with Gasteiger partial charge in [0.2, 0.25) is 0 Å². The number of aryl methyl sites for hydroxylation is 1. The van der Waals surface area contributed by atoms with Crippen molar-refractivity contribution < 1.29 is 12.7 Å². The minimum absolute atomic E-state index is 0.0262. The van der Waals surface area contributed by atoms with E-state index in [9.17, 15) is 13.2 Å². The number of rotatable bonds is 6. The summed E-state index contributed by atoms with van der Waals surface area (Å²) < 4.78 is 31.5. The number of allylic oxidation sites excluding steroid dienone is 1. The van der Waals surface area contributed by atoms with Gasteiger partial charge < -0.3 is 0 Å². The Kier molecular flexibility index (Phi) is 5.28. The van der Waals surface area contributed by atoms with Gasteiger partial charge in [-0.25, -0.2) is 0 Å². The Labute approximate surface area is 158 Å². The Hall–Kier alpha value is -3.12. The number of hydrogen-bond donors (Lipinski definition) is 0. The first-order chi connectivity index (χ1) is 12.9. The summed E-state index contributed by atoms with van der Waals surface area (Å²) in [6, 6.07) is 18.5. The molecule has 5 nitrogen and oxygen atoms in total. The van der Waals surface area contributed by atoms with Crippen molar-refractivity contribution >= 4 is 10.1 Å². The van der Waals surface area contributed by atoms with Gasteiger partial charge in [0.1, 0.15) is 4.90 Å². The summed E-state index contributed by atoms with van der Waals surface area (Å²) in [5, 5.41) is 0. The van der Waals surface area contributed by atoms with Gasteiger partial charge in [0, 0.05) is 11.1 Å². The second-order valence-corrected chi connectivity index (χ2v) is 7.52. The highest BCUT2D eigenvalue weighted by atomic mass is 32.2. The van der Waals surface area contributed by atoms with Crippen LogP contribution in [-0.4, -0.2) is 13.1 Å². The highest BCUT2D eigenvalue weighted by Crippen LogP contribution is 2.21. The predicted octanol–water partition coefficient (Wildman–Crippen LogP) is 3.37. The highest BCUT2D eigenvalue weighted by Gasteiger charge is 2.22. The molecule has 0 aliphatic heterocycles. The number of nitrogens with zero attached hydrogens (tertiary/aromatic N) is 1. The minimum atomic E-state index is -4.17. The predicted molar refractivity (Wildman–Crippen MR) is 105 cm³/mol. The van der Waals surface area contributed by atoms with E-state index in [1.54, 1.807) is 42.5 Å². The van der Waals surface area contributed by atoms with Gasteiger partial charge in [-0.3, -0.25) is 9.08 Å². The fourth-order valence-corrected chi connectivity index (χ4v) is 3.68. The fourth-order valence-electron chi connectivity index (χ4n) is 2.76. The molecule has 27 heavy (non-hydrogen) atoms. The Morgan fingerprint density at radius 1 is 1.04 bits per heavy atom. The van der Waals surface area contributed by atoms with Crippen LogP contribution in [0.5, 0.6) is 0 Å². The Morgan fingerprint density at radius 3 is 2.22 bits per heavy atom. The number of benzene rings is 2. The molecule has 3 aromatic rings. The van der Waals surface area contributed by atoms with Crippen molar-refractivity contribution in [1.82, 2.24) is 4.73 Å². The maximum absolute atomic E-state index is 13.0. The second kappa shape index (κ2) is 7.63. The molecule has 6 heteroatoms. The topological polar surface area (TPSA) is 65.4 Å². The van der Waals surface area contributed by atoms with Crippen LogP contribution in [0.3, 0.4) is 0 Å². The van der Waals surface area contributed by atoms with Crippen LogP contribution in [0, 0.1) is 6.92 Å². The van der Waals surface area contributed by atoms with Crippen LogP contribution in [0.4, 0.5) is 0 Å². The van der Waals surface area contributed by atoms with Crippen LogP contribution < -0.4 is 9.84 Å². The van der Waals surface area contributed by atoms with Crippen LogP contribution in [0.2, 0.25) is 0 Å². The lowest BCUT2D eigenvalue weighted by molar-refractivity contribution is 0.270. The molecule has 3 rings (SSSR count). The molecule has 0 saturated heterocycles. The van der Waals surface area contributed by atoms with Crippen molar-refractivity contribution in [2.24, 2.45) is 0 Å². The van der Waals surface area contributed by atoms with Gasteiger partial charge >= 0.3 is 10.1 Å². The van der Waals surface area contributed by atoms with E-state index in [1.807, 2.05) is 25.1 Å². The fraction of sp³-hybridized carbons (Fsp3) is 0.0952. The van der Waals surface area contributed by atoms with Gasteiger partial charge in [-0.2, -0.15) is 8.42 Å². The lowest BCUT2D eigenvalue weighted by Crippen LogP contribution is -2.34. The van der Waals surface area contributed by atoms with Crippen LogP contribution in [0.15, 0.2) is 89.1 Å². The van der Waals surface area contributed by atoms with E-state index >= 15 is 0 Å². The molecule has 0 amide bonds. The smallest absolute Gasteiger partial charge is 0.280 e. The molecule has 0 unspecified atom stereocenters. The van der Waals surface area contributed by atoms with E-state index in [2.05, 4.69) is 6.58 Å². The standard InChI is InChI=1S/C21H19NO4S/c1-3-10-19-16(2)15-20(17-11-6-4-7-12-17)22(21(19)23)26-27(24,25)18-13-8-5-9-14-18/h3-9,11-15H,1,10H2,2H3. The lowest BCUT2D eigenvalue weighted by atomic mass is 10.0. The third kappa shape index (κ3) is 3.85. The molecule has 0 N–H and O–H groups in total. The van der Waals surface area contributed by atoms with Crippen molar-refractivity contribution in [3.05, 3.63) is 101 Å². The van der Waals surface area contributed by atoms with Gasteiger partial charge in [-0.1, -0.05) is 54.6 Å². The third-order valence-electron chi connectivity index (χ3n) is 4.11. The largest absolute Gasteiger partial charge is 0.357 e. The molecule has 0 aliphatic rings. The summed E-state index contributed by atoms with van der Waals surface area (Å²) in [5.41, 5.74) is 1.70. The van der Waals surface area contributed by atoms with Crippen LogP contribution >= 0.6 is 0 Å². The van der Waals surface area contributed by atoms with Crippen LogP contribution in [-0.2, 0) is 16.5 Å². The van der Waals surface area contributed by atoms with Crippen molar-refractivity contribution in [3.63, 3.8) is 0 Å². The molecule has 138 valence electrons. The molecular formula is C21H19NO4S. The zero-order valence-electron chi connectivity index (χ0n) is 14.8. The van der Waals surface area contributed by atoms with E-state index in [-0.39, 0.29) is 4.90 Å². The highest BCUT2D eigenvalue weighted by molar-refractivity contribution is 7.87. The van der Waals surface area contributed by atoms with Gasteiger partial charge in [-0.05, 0) is 37.1 Å². The van der Waals surface area contributed by atoms with Gasteiger partial charge in [-0.15, -0.1) is 11.3 Å². The summed E-state index contributed by atoms with van der Waals surface area (Å²) >= 11 is 0. The molecule has 0 spiro atoms. The first-order valence-electron chi connectivity index (χ1n) is 8.36. The van der Waals surface area contributed by atoms with Gasteiger partial charge in [0.15, 0.2) is 0 Å². The summed E-state index contributed by atoms with van der Waals surface area (Å²) in [6.45, 7) is 5.47. The van der Waals surface area contributed by atoms with Crippen LogP contribution in [0.1, 0.15) is 11.1 Å². The second-order valence-electron chi connectivity index (χ2n) is 5.99. The number of aromatic nitrogens is 1. The molecule has 0 bridgehead atoms. The molecule has 0 radical (unpaired) electrons. The molecular weight excluding hydrogens is 362 g/mol. The molecule has 2 aromatic carbocycles. The Balaban J connectivity index is 2.22. The minimum Gasteiger partial charge on any atom is -0.280 e. The number of hydrogen-bond acceptors (Lipinski definition) is 4. The van der Waals surface area contributed by atoms with Crippen molar-refractivity contribution in [1.29, 1.82) is 0 Å². The maximum atomic E-state index is 13.0. The number of pyridine rings is 1. The maximum Gasteiger partial charge on any atom is 0.357 e. The molecule has 1 heterocycles. The zero-order valence-corrected chi connectivity index (χ0v) is 15.6. The zero-order chi connectivity index (χ0) is 19.4. The summed E-state index contributed by atoms with van der Waals surface area (Å²) in [7, 11) is -4.17. The Morgan fingerprint density at radius 2 is 1.63 bits per heavy atom. The Bertz CT molecular complexity index is 1120.